The lowest BCUT2D eigenvalue weighted by Gasteiger charge is -2.38. The molecule has 0 saturated carbocycles. The topological polar surface area (TPSA) is 111 Å². The van der Waals surface area contributed by atoms with E-state index >= 15 is 0 Å². The number of nitrogens with one attached hydrogen (secondary N) is 2. The Morgan fingerprint density at radius 3 is 2.23 bits per heavy atom. The molecule has 1 aliphatic heterocycles. The average Bonchev–Trinajstić information content (AvgIpc) is 2.86. The summed E-state index contributed by atoms with van der Waals surface area (Å²) in [5.41, 5.74) is 1.69. The van der Waals surface area contributed by atoms with E-state index in [0.29, 0.717) is 30.2 Å². The minimum absolute atomic E-state index is 0. The number of piperidine rings is 1. The van der Waals surface area contributed by atoms with Crippen LogP contribution in [0.2, 0.25) is 0 Å². The van der Waals surface area contributed by atoms with E-state index in [1.54, 1.807) is 31.2 Å². The number of rotatable bonds is 13. The molecule has 218 valence electrons. The van der Waals surface area contributed by atoms with Crippen molar-refractivity contribution in [2.75, 3.05) is 37.2 Å². The third-order valence-electron chi connectivity index (χ3n) is 6.57. The molecule has 0 aliphatic carbocycles. The van der Waals surface area contributed by atoms with Gasteiger partial charge in [0, 0.05) is 44.5 Å². The van der Waals surface area contributed by atoms with Crippen molar-refractivity contribution in [3.05, 3.63) is 54.1 Å². The van der Waals surface area contributed by atoms with Gasteiger partial charge in [0.1, 0.15) is 11.5 Å². The number of carbonyl (C=O) groups excluding carboxylic acids is 1. The van der Waals surface area contributed by atoms with E-state index in [4.69, 9.17) is 4.74 Å². The minimum Gasteiger partial charge on any atom is -0.457 e. The number of benzene rings is 2. The maximum absolute atomic E-state index is 12.8. The Kier molecular flexibility index (Phi) is 13.3. The number of hydrogen-bond acceptors (Lipinski definition) is 6. The van der Waals surface area contributed by atoms with Gasteiger partial charge in [-0.2, -0.15) is 0 Å². The highest BCUT2D eigenvalue weighted by Gasteiger charge is 2.27. The molecule has 1 unspecified atom stereocenters. The van der Waals surface area contributed by atoms with E-state index < -0.39 is 16.1 Å². The first-order valence-corrected chi connectivity index (χ1v) is 15.3. The van der Waals surface area contributed by atoms with Crippen LogP contribution in [-0.4, -0.2) is 73.9 Å². The first kappa shape index (κ1) is 32.7. The molecule has 1 fully saturated rings. The van der Waals surface area contributed by atoms with Crippen LogP contribution < -0.4 is 14.8 Å². The summed E-state index contributed by atoms with van der Waals surface area (Å²) >= 11 is 0. The summed E-state index contributed by atoms with van der Waals surface area (Å²) < 4.78 is 31.0. The van der Waals surface area contributed by atoms with Crippen molar-refractivity contribution in [1.29, 1.82) is 0 Å². The number of likely N-dealkylation sites (tertiary alicyclic amines) is 1. The normalized spacial score (nSPS) is 15.2. The van der Waals surface area contributed by atoms with Gasteiger partial charge in [-0.15, -0.1) is 12.4 Å². The van der Waals surface area contributed by atoms with Crippen molar-refractivity contribution in [3.63, 3.8) is 0 Å². The SMILES string of the molecule is CCCCN(C(=O)NCCC(C)O)C1CCN(Cc2ccc(Oc3ccc(NS(C)(=O)=O)cc3)cc2)CC1.Cl. The molecule has 3 rings (SSSR count). The summed E-state index contributed by atoms with van der Waals surface area (Å²) in [7, 11) is -3.31. The Balaban J connectivity index is 0.00000533. The van der Waals surface area contributed by atoms with E-state index in [-0.39, 0.29) is 24.5 Å². The van der Waals surface area contributed by atoms with Gasteiger partial charge in [0.15, 0.2) is 0 Å². The third kappa shape index (κ3) is 11.6. The van der Waals surface area contributed by atoms with Crippen LogP contribution in [0.25, 0.3) is 0 Å². The Hall–Kier alpha value is -2.53. The zero-order valence-electron chi connectivity index (χ0n) is 23.1. The molecule has 1 saturated heterocycles. The molecule has 0 bridgehead atoms. The van der Waals surface area contributed by atoms with Crippen LogP contribution in [0, 0.1) is 0 Å². The second-order valence-electron chi connectivity index (χ2n) is 10.1. The van der Waals surface area contributed by atoms with Crippen molar-refractivity contribution < 1.29 is 23.1 Å². The zero-order chi connectivity index (χ0) is 27.5. The van der Waals surface area contributed by atoms with Gasteiger partial charge in [-0.25, -0.2) is 13.2 Å². The number of carbonyl (C=O) groups is 1. The highest BCUT2D eigenvalue weighted by atomic mass is 35.5. The van der Waals surface area contributed by atoms with Gasteiger partial charge < -0.3 is 20.1 Å². The molecule has 0 spiro atoms. The van der Waals surface area contributed by atoms with Crippen molar-refractivity contribution in [2.24, 2.45) is 0 Å². The van der Waals surface area contributed by atoms with Gasteiger partial charge in [0.25, 0.3) is 0 Å². The summed E-state index contributed by atoms with van der Waals surface area (Å²) in [5, 5.41) is 12.4. The molecule has 11 heteroatoms. The molecular formula is C28H43ClN4O5S. The highest BCUT2D eigenvalue weighted by molar-refractivity contribution is 7.92. The van der Waals surface area contributed by atoms with Gasteiger partial charge in [-0.05, 0) is 74.6 Å². The summed E-state index contributed by atoms with van der Waals surface area (Å²) in [6, 6.07) is 15.0. The van der Waals surface area contributed by atoms with E-state index in [9.17, 15) is 18.3 Å². The Bertz CT molecular complexity index is 1110. The van der Waals surface area contributed by atoms with Crippen LogP contribution in [0.5, 0.6) is 11.5 Å². The number of sulfonamides is 1. The highest BCUT2D eigenvalue weighted by Crippen LogP contribution is 2.25. The second-order valence-corrected chi connectivity index (χ2v) is 11.8. The number of halogens is 1. The maximum Gasteiger partial charge on any atom is 0.317 e. The number of ether oxygens (including phenoxy) is 1. The summed E-state index contributed by atoms with van der Waals surface area (Å²) in [6.07, 6.45) is 5.18. The van der Waals surface area contributed by atoms with Crippen LogP contribution in [0.15, 0.2) is 48.5 Å². The fourth-order valence-corrected chi connectivity index (χ4v) is 5.08. The van der Waals surface area contributed by atoms with E-state index in [1.165, 1.54) is 5.56 Å². The lowest BCUT2D eigenvalue weighted by atomic mass is 10.0. The van der Waals surface area contributed by atoms with Gasteiger partial charge in [0.05, 0.1) is 12.4 Å². The molecule has 2 aromatic rings. The fraction of sp³-hybridized carbons (Fsp3) is 0.536. The number of amides is 2. The van der Waals surface area contributed by atoms with E-state index in [0.717, 1.165) is 58.1 Å². The molecule has 0 radical (unpaired) electrons. The quantitative estimate of drug-likeness (QED) is 0.312. The molecule has 1 heterocycles. The van der Waals surface area contributed by atoms with Crippen LogP contribution >= 0.6 is 12.4 Å². The predicted octanol–water partition coefficient (Wildman–Crippen LogP) is 4.82. The summed E-state index contributed by atoms with van der Waals surface area (Å²) in [5.74, 6) is 1.34. The molecule has 2 amide bonds. The number of unbranched alkanes of at least 4 members (excludes halogenated alkanes) is 1. The lowest BCUT2D eigenvalue weighted by Crippen LogP contribution is -2.51. The number of hydrogen-bond donors (Lipinski definition) is 3. The van der Waals surface area contributed by atoms with Crippen LogP contribution in [0.1, 0.15) is 51.5 Å². The Morgan fingerprint density at radius 2 is 1.69 bits per heavy atom. The molecule has 2 aromatic carbocycles. The van der Waals surface area contributed by atoms with Crippen molar-refractivity contribution in [3.8, 4) is 11.5 Å². The monoisotopic (exact) mass is 582 g/mol. The smallest absolute Gasteiger partial charge is 0.317 e. The van der Waals surface area contributed by atoms with Crippen molar-refractivity contribution in [2.45, 2.75) is 64.6 Å². The third-order valence-corrected chi connectivity index (χ3v) is 7.18. The number of nitrogens with zero attached hydrogens (tertiary/aromatic N) is 2. The molecule has 39 heavy (non-hydrogen) atoms. The molecule has 1 aliphatic rings. The molecular weight excluding hydrogens is 540 g/mol. The van der Waals surface area contributed by atoms with Gasteiger partial charge in [0.2, 0.25) is 10.0 Å². The molecule has 3 N–H and O–H groups in total. The van der Waals surface area contributed by atoms with Crippen molar-refractivity contribution in [1.82, 2.24) is 15.1 Å². The average molecular weight is 583 g/mol. The summed E-state index contributed by atoms with van der Waals surface area (Å²) in [6.45, 7) is 7.83. The van der Waals surface area contributed by atoms with Crippen LogP contribution in [0.4, 0.5) is 10.5 Å². The van der Waals surface area contributed by atoms with Gasteiger partial charge in [-0.3, -0.25) is 9.62 Å². The maximum atomic E-state index is 12.8. The molecule has 1 atom stereocenters. The first-order chi connectivity index (χ1) is 18.1. The standard InChI is InChI=1S/C28H42N4O5S.ClH/c1-4-5-18-32(28(34)29-17-14-22(2)33)25-15-19-31(20-16-25)21-23-6-10-26(11-7-23)37-27-12-8-24(9-13-27)30-38(3,35)36;/h6-13,22,25,30,33H,4-5,14-21H2,1-3H3,(H,29,34);1H. The Morgan fingerprint density at radius 1 is 1.10 bits per heavy atom. The fourth-order valence-electron chi connectivity index (χ4n) is 4.52. The number of aliphatic hydroxyl groups is 1. The summed E-state index contributed by atoms with van der Waals surface area (Å²) in [4.78, 5) is 17.2. The minimum atomic E-state index is -3.31. The Labute approximate surface area is 239 Å². The molecule has 0 aromatic heterocycles. The predicted molar refractivity (Wildman–Crippen MR) is 158 cm³/mol. The lowest BCUT2D eigenvalue weighted by molar-refractivity contribution is 0.115. The van der Waals surface area contributed by atoms with Gasteiger partial charge in [-0.1, -0.05) is 25.5 Å². The van der Waals surface area contributed by atoms with Crippen LogP contribution in [0.3, 0.4) is 0 Å². The number of aliphatic hydroxyl groups excluding tert-OH is 1. The molecule has 9 nitrogen and oxygen atoms in total. The first-order valence-electron chi connectivity index (χ1n) is 13.4. The second kappa shape index (κ2) is 15.9. The zero-order valence-corrected chi connectivity index (χ0v) is 24.8. The number of urea groups is 1. The number of anilines is 1. The van der Waals surface area contributed by atoms with Crippen LogP contribution in [-0.2, 0) is 16.6 Å². The van der Waals surface area contributed by atoms with Gasteiger partial charge >= 0.3 is 6.03 Å². The van der Waals surface area contributed by atoms with Crippen molar-refractivity contribution >= 4 is 34.1 Å². The van der Waals surface area contributed by atoms with E-state index in [1.807, 2.05) is 17.0 Å². The largest absolute Gasteiger partial charge is 0.457 e. The van der Waals surface area contributed by atoms with E-state index in [2.05, 4.69) is 34.0 Å².